The van der Waals surface area contributed by atoms with Gasteiger partial charge in [-0.2, -0.15) is 14.7 Å². The number of hydrogen-bond acceptors (Lipinski definition) is 5. The van der Waals surface area contributed by atoms with Gasteiger partial charge in [-0.25, -0.2) is 18.1 Å². The molecule has 0 amide bonds. The van der Waals surface area contributed by atoms with Crippen LogP contribution in [0.15, 0.2) is 66.1 Å². The lowest BCUT2D eigenvalue weighted by Gasteiger charge is -2.25. The second-order valence-electron chi connectivity index (χ2n) is 5.74. The van der Waals surface area contributed by atoms with Gasteiger partial charge in [0.2, 0.25) is 10.0 Å². The molecule has 3 aromatic rings. The molecule has 0 saturated carbocycles. The Kier molecular flexibility index (Phi) is 4.84. The average molecular weight is 367 g/mol. The Labute approximate surface area is 152 Å². The lowest BCUT2D eigenvalue weighted by molar-refractivity contribution is 0.398. The molecule has 8 heteroatoms. The first-order valence-corrected chi connectivity index (χ1v) is 9.31. The second-order valence-corrected chi connectivity index (χ2v) is 7.70. The molecule has 0 aliphatic carbocycles. The van der Waals surface area contributed by atoms with Gasteiger partial charge >= 0.3 is 0 Å². The van der Waals surface area contributed by atoms with Gasteiger partial charge in [-0.1, -0.05) is 24.3 Å². The van der Waals surface area contributed by atoms with Crippen molar-refractivity contribution in [1.29, 1.82) is 5.26 Å². The molecule has 132 valence electrons. The van der Waals surface area contributed by atoms with Gasteiger partial charge in [0.1, 0.15) is 18.7 Å². The molecule has 26 heavy (non-hydrogen) atoms. The smallest absolute Gasteiger partial charge is 0.223 e. The normalized spacial score (nSPS) is 12.7. The molecule has 0 aliphatic heterocycles. The highest BCUT2D eigenvalue weighted by Crippen LogP contribution is 2.27. The van der Waals surface area contributed by atoms with Crippen LogP contribution in [0, 0.1) is 11.3 Å². The summed E-state index contributed by atoms with van der Waals surface area (Å²) in [7, 11) is -2.29. The first-order chi connectivity index (χ1) is 12.4. The zero-order valence-electron chi connectivity index (χ0n) is 14.3. The molecular weight excluding hydrogens is 350 g/mol. The molecule has 7 nitrogen and oxygen atoms in total. The van der Waals surface area contributed by atoms with Crippen molar-refractivity contribution < 1.29 is 8.42 Å². The van der Waals surface area contributed by atoms with E-state index in [0.29, 0.717) is 0 Å². The quantitative estimate of drug-likeness (QED) is 0.691. The molecule has 0 aliphatic rings. The van der Waals surface area contributed by atoms with Gasteiger partial charge in [0.15, 0.2) is 0 Å². The van der Waals surface area contributed by atoms with E-state index in [1.54, 1.807) is 30.1 Å². The number of nitriles is 1. The molecular formula is C18H17N5O2S. The summed E-state index contributed by atoms with van der Waals surface area (Å²) in [6, 6.07) is 15.1. The Balaban J connectivity index is 1.89. The van der Waals surface area contributed by atoms with E-state index in [-0.39, 0.29) is 10.5 Å². The predicted octanol–water partition coefficient (Wildman–Crippen LogP) is 2.52. The van der Waals surface area contributed by atoms with Crippen LogP contribution in [0.2, 0.25) is 0 Å². The molecule has 1 atom stereocenters. The fraction of sp³-hybridized carbons (Fsp3) is 0.167. The molecule has 0 fully saturated rings. The maximum Gasteiger partial charge on any atom is 0.244 e. The first-order valence-electron chi connectivity index (χ1n) is 7.87. The summed E-state index contributed by atoms with van der Waals surface area (Å²) in [5, 5.41) is 13.3. The Morgan fingerprint density at radius 2 is 1.85 bits per heavy atom. The number of aromatic nitrogens is 3. The van der Waals surface area contributed by atoms with Crippen molar-refractivity contribution in [3.05, 3.63) is 72.3 Å². The van der Waals surface area contributed by atoms with E-state index in [4.69, 9.17) is 0 Å². The Morgan fingerprint density at radius 1 is 1.15 bits per heavy atom. The van der Waals surface area contributed by atoms with Crippen molar-refractivity contribution in [2.45, 2.75) is 17.9 Å². The Hall–Kier alpha value is -3.02. The highest BCUT2D eigenvalue weighted by atomic mass is 32.2. The molecule has 0 unspecified atom stereocenters. The number of sulfonamides is 1. The van der Waals surface area contributed by atoms with E-state index < -0.39 is 16.1 Å². The average Bonchev–Trinajstić information content (AvgIpc) is 3.21. The number of rotatable bonds is 5. The fourth-order valence-electron chi connectivity index (χ4n) is 2.60. The summed E-state index contributed by atoms with van der Waals surface area (Å²) in [5.41, 5.74) is 1.79. The molecule has 2 aromatic carbocycles. The van der Waals surface area contributed by atoms with Crippen LogP contribution in [0.3, 0.4) is 0 Å². The summed E-state index contributed by atoms with van der Waals surface area (Å²) < 4.78 is 28.8. The number of hydrogen-bond donors (Lipinski definition) is 0. The summed E-state index contributed by atoms with van der Waals surface area (Å²) in [6.45, 7) is 1.80. The van der Waals surface area contributed by atoms with Crippen LogP contribution in [0.25, 0.3) is 5.69 Å². The lowest BCUT2D eigenvalue weighted by Crippen LogP contribution is -2.30. The summed E-state index contributed by atoms with van der Waals surface area (Å²) in [4.78, 5) is 3.91. The van der Waals surface area contributed by atoms with E-state index >= 15 is 0 Å². The topological polar surface area (TPSA) is 91.9 Å². The van der Waals surface area contributed by atoms with Crippen LogP contribution in [0.1, 0.15) is 24.1 Å². The second kappa shape index (κ2) is 7.07. The van der Waals surface area contributed by atoms with Crippen LogP contribution in [-0.4, -0.2) is 34.5 Å². The van der Waals surface area contributed by atoms with E-state index in [0.717, 1.165) is 11.3 Å². The van der Waals surface area contributed by atoms with Crippen LogP contribution < -0.4 is 0 Å². The molecule has 1 heterocycles. The zero-order chi connectivity index (χ0) is 18.7. The van der Waals surface area contributed by atoms with Crippen molar-refractivity contribution in [3.8, 4) is 11.8 Å². The molecule has 0 bridgehead atoms. The van der Waals surface area contributed by atoms with Gasteiger partial charge in [-0.3, -0.25) is 0 Å². The van der Waals surface area contributed by atoms with Crippen molar-refractivity contribution in [2.24, 2.45) is 0 Å². The van der Waals surface area contributed by atoms with E-state index in [1.807, 2.05) is 30.3 Å². The van der Waals surface area contributed by atoms with Crippen molar-refractivity contribution >= 4 is 10.0 Å². The zero-order valence-corrected chi connectivity index (χ0v) is 15.1. The van der Waals surface area contributed by atoms with E-state index in [2.05, 4.69) is 10.1 Å². The van der Waals surface area contributed by atoms with Gasteiger partial charge in [0.25, 0.3) is 0 Å². The SMILES string of the molecule is C[C@@H](c1ccc(-n2cncn2)cc1)N(C)S(=O)(=O)c1ccccc1C#N. The number of nitrogens with zero attached hydrogens (tertiary/aromatic N) is 5. The largest absolute Gasteiger partial charge is 0.244 e. The predicted molar refractivity (Wildman–Crippen MR) is 95.9 cm³/mol. The third-order valence-electron chi connectivity index (χ3n) is 4.27. The summed E-state index contributed by atoms with van der Waals surface area (Å²) in [6.07, 6.45) is 3.04. The minimum Gasteiger partial charge on any atom is -0.223 e. The fourth-order valence-corrected chi connectivity index (χ4v) is 4.09. The standard InChI is InChI=1S/C18H17N5O2S/c1-14(15-7-9-17(10-8-15)23-13-20-12-21-23)22(2)26(24,25)18-6-4-3-5-16(18)11-19/h3-10,12-14H,1-2H3/t14-/m0/s1. The van der Waals surface area contributed by atoms with E-state index in [9.17, 15) is 13.7 Å². The monoisotopic (exact) mass is 367 g/mol. The van der Waals surface area contributed by atoms with E-state index in [1.165, 1.54) is 29.8 Å². The maximum absolute atomic E-state index is 12.9. The van der Waals surface area contributed by atoms with Crippen molar-refractivity contribution in [1.82, 2.24) is 19.1 Å². The Morgan fingerprint density at radius 3 is 2.46 bits per heavy atom. The molecule has 1 aromatic heterocycles. The number of benzene rings is 2. The van der Waals surface area contributed by atoms with Crippen LogP contribution >= 0.6 is 0 Å². The van der Waals surface area contributed by atoms with Gasteiger partial charge in [0.05, 0.1) is 16.1 Å². The van der Waals surface area contributed by atoms with Crippen molar-refractivity contribution in [2.75, 3.05) is 7.05 Å². The minimum atomic E-state index is -3.80. The van der Waals surface area contributed by atoms with Gasteiger partial charge < -0.3 is 0 Å². The van der Waals surface area contributed by atoms with Gasteiger partial charge in [-0.05, 0) is 36.8 Å². The lowest BCUT2D eigenvalue weighted by atomic mass is 10.1. The Bertz CT molecular complexity index is 1040. The third-order valence-corrected chi connectivity index (χ3v) is 6.26. The van der Waals surface area contributed by atoms with Crippen molar-refractivity contribution in [3.63, 3.8) is 0 Å². The van der Waals surface area contributed by atoms with Crippen LogP contribution in [0.4, 0.5) is 0 Å². The molecule has 0 N–H and O–H groups in total. The van der Waals surface area contributed by atoms with Crippen LogP contribution in [0.5, 0.6) is 0 Å². The molecule has 0 radical (unpaired) electrons. The minimum absolute atomic E-state index is 0.0103. The molecule has 0 saturated heterocycles. The maximum atomic E-state index is 12.9. The molecule has 0 spiro atoms. The summed E-state index contributed by atoms with van der Waals surface area (Å²) in [5.74, 6) is 0. The highest BCUT2D eigenvalue weighted by molar-refractivity contribution is 7.89. The third kappa shape index (κ3) is 3.22. The first kappa shape index (κ1) is 17.8. The molecule has 3 rings (SSSR count). The van der Waals surface area contributed by atoms with Crippen LogP contribution in [-0.2, 0) is 10.0 Å². The van der Waals surface area contributed by atoms with Gasteiger partial charge in [-0.15, -0.1) is 0 Å². The highest BCUT2D eigenvalue weighted by Gasteiger charge is 2.28. The summed E-state index contributed by atoms with van der Waals surface area (Å²) >= 11 is 0. The van der Waals surface area contributed by atoms with Gasteiger partial charge in [0, 0.05) is 13.1 Å².